The van der Waals surface area contributed by atoms with Crippen molar-refractivity contribution in [1.29, 1.82) is 0 Å². The molecule has 2 nitrogen and oxygen atoms in total. The van der Waals surface area contributed by atoms with E-state index in [-0.39, 0.29) is 11.2 Å². The first kappa shape index (κ1) is 12.4. The summed E-state index contributed by atoms with van der Waals surface area (Å²) in [6.07, 6.45) is 3.54. The van der Waals surface area contributed by atoms with Gasteiger partial charge in [0.25, 0.3) is 0 Å². The van der Waals surface area contributed by atoms with Gasteiger partial charge in [0.2, 0.25) is 0 Å². The van der Waals surface area contributed by atoms with Gasteiger partial charge in [0, 0.05) is 16.3 Å². The highest BCUT2D eigenvalue weighted by molar-refractivity contribution is 9.10. The van der Waals surface area contributed by atoms with Crippen molar-refractivity contribution in [2.45, 2.75) is 44.6 Å². The predicted octanol–water partition coefficient (Wildman–Crippen LogP) is 3.04. The Morgan fingerprint density at radius 3 is 2.61 bits per heavy atom. The summed E-state index contributed by atoms with van der Waals surface area (Å²) in [5.74, 6) is 0.242. The first-order chi connectivity index (χ1) is 8.40. The predicted molar refractivity (Wildman–Crippen MR) is 73.5 cm³/mol. The minimum Gasteiger partial charge on any atom is -0.390 e. The highest BCUT2D eigenvalue weighted by Gasteiger charge is 2.49. The Kier molecular flexibility index (Phi) is 2.69. The van der Waals surface area contributed by atoms with Crippen molar-refractivity contribution in [3.05, 3.63) is 33.8 Å². The van der Waals surface area contributed by atoms with Crippen LogP contribution in [0.4, 0.5) is 0 Å². The SMILES string of the molecule is C[C@@]1(O)CC[C@]2(Cc3ccc(Br)cc3C2)C(=O)C1. The monoisotopic (exact) mass is 308 g/mol. The second-order valence-electron chi connectivity index (χ2n) is 6.14. The third-order valence-electron chi connectivity index (χ3n) is 4.50. The summed E-state index contributed by atoms with van der Waals surface area (Å²) in [7, 11) is 0. The number of ketones is 1. The van der Waals surface area contributed by atoms with Crippen molar-refractivity contribution in [2.75, 3.05) is 0 Å². The molecule has 1 N–H and O–H groups in total. The summed E-state index contributed by atoms with van der Waals surface area (Å²) in [4.78, 5) is 12.4. The van der Waals surface area contributed by atoms with Crippen LogP contribution >= 0.6 is 15.9 Å². The molecular weight excluding hydrogens is 292 g/mol. The third-order valence-corrected chi connectivity index (χ3v) is 4.99. The van der Waals surface area contributed by atoms with Crippen molar-refractivity contribution < 1.29 is 9.90 Å². The van der Waals surface area contributed by atoms with E-state index in [0.29, 0.717) is 6.42 Å². The van der Waals surface area contributed by atoms with Gasteiger partial charge < -0.3 is 5.11 Å². The molecule has 3 heteroatoms. The summed E-state index contributed by atoms with van der Waals surface area (Å²) in [6, 6.07) is 6.29. The Labute approximate surface area is 116 Å². The highest BCUT2D eigenvalue weighted by Crippen LogP contribution is 2.47. The fraction of sp³-hybridized carbons (Fsp3) is 0.533. The lowest BCUT2D eigenvalue weighted by atomic mass is 9.66. The number of hydrogen-bond donors (Lipinski definition) is 1. The average molecular weight is 309 g/mol. The molecule has 0 bridgehead atoms. The molecule has 0 saturated heterocycles. The Balaban J connectivity index is 1.91. The molecule has 0 aliphatic heterocycles. The van der Waals surface area contributed by atoms with Crippen LogP contribution in [0.3, 0.4) is 0 Å². The molecule has 0 aromatic heterocycles. The maximum Gasteiger partial charge on any atom is 0.142 e. The van der Waals surface area contributed by atoms with Gasteiger partial charge in [-0.2, -0.15) is 0 Å². The number of Topliss-reactive ketones (excluding diaryl/α,β-unsaturated/α-hetero) is 1. The van der Waals surface area contributed by atoms with E-state index >= 15 is 0 Å². The standard InChI is InChI=1S/C15H17BrO2/c1-14(18)4-5-15(13(17)9-14)7-10-2-3-12(16)6-11(10)8-15/h2-3,6,18H,4-5,7-9H2,1H3/t14-,15-/m1/s1. The Hall–Kier alpha value is -0.670. The van der Waals surface area contributed by atoms with E-state index in [9.17, 15) is 9.90 Å². The van der Waals surface area contributed by atoms with Crippen LogP contribution in [0.1, 0.15) is 37.3 Å². The van der Waals surface area contributed by atoms with Crippen molar-refractivity contribution in [2.24, 2.45) is 5.41 Å². The Morgan fingerprint density at radius 1 is 1.17 bits per heavy atom. The van der Waals surface area contributed by atoms with E-state index < -0.39 is 5.60 Å². The number of fused-ring (bicyclic) bond motifs is 1. The number of carbonyl (C=O) groups excluding carboxylic acids is 1. The zero-order valence-electron chi connectivity index (χ0n) is 10.5. The molecule has 2 aliphatic rings. The number of halogens is 1. The normalized spacial score (nSPS) is 34.9. The summed E-state index contributed by atoms with van der Waals surface area (Å²) in [5, 5.41) is 10.0. The van der Waals surface area contributed by atoms with Crippen LogP contribution < -0.4 is 0 Å². The van der Waals surface area contributed by atoms with Gasteiger partial charge in [-0.3, -0.25) is 4.79 Å². The van der Waals surface area contributed by atoms with Gasteiger partial charge in [0.05, 0.1) is 5.60 Å². The molecule has 18 heavy (non-hydrogen) atoms. The quantitative estimate of drug-likeness (QED) is 0.800. The summed E-state index contributed by atoms with van der Waals surface area (Å²) >= 11 is 3.49. The summed E-state index contributed by atoms with van der Waals surface area (Å²) in [6.45, 7) is 1.77. The van der Waals surface area contributed by atoms with Gasteiger partial charge in [0.1, 0.15) is 5.78 Å². The molecule has 2 atom stereocenters. The topological polar surface area (TPSA) is 37.3 Å². The Bertz CT molecular complexity index is 521. The van der Waals surface area contributed by atoms with Gasteiger partial charge in [-0.15, -0.1) is 0 Å². The minimum atomic E-state index is -0.794. The molecule has 0 unspecified atom stereocenters. The number of benzene rings is 1. The van der Waals surface area contributed by atoms with E-state index in [1.165, 1.54) is 11.1 Å². The summed E-state index contributed by atoms with van der Waals surface area (Å²) < 4.78 is 1.08. The largest absolute Gasteiger partial charge is 0.390 e. The van der Waals surface area contributed by atoms with Crippen LogP contribution in [-0.2, 0) is 17.6 Å². The van der Waals surface area contributed by atoms with Crippen molar-refractivity contribution in [3.63, 3.8) is 0 Å². The molecule has 0 radical (unpaired) electrons. The van der Waals surface area contributed by atoms with Gasteiger partial charge in [-0.05, 0) is 55.9 Å². The van der Waals surface area contributed by atoms with Crippen LogP contribution in [0, 0.1) is 5.41 Å². The molecule has 1 spiro atoms. The fourth-order valence-corrected chi connectivity index (χ4v) is 3.78. The van der Waals surface area contributed by atoms with Crippen molar-refractivity contribution >= 4 is 21.7 Å². The van der Waals surface area contributed by atoms with Crippen molar-refractivity contribution in [1.82, 2.24) is 0 Å². The minimum absolute atomic E-state index is 0.231. The zero-order valence-corrected chi connectivity index (χ0v) is 12.1. The van der Waals surface area contributed by atoms with Gasteiger partial charge in [-0.25, -0.2) is 0 Å². The van der Waals surface area contributed by atoms with Crippen LogP contribution in [0.25, 0.3) is 0 Å². The van der Waals surface area contributed by atoms with Crippen LogP contribution in [0.2, 0.25) is 0 Å². The molecular formula is C15H17BrO2. The van der Waals surface area contributed by atoms with Gasteiger partial charge >= 0.3 is 0 Å². The number of hydrogen-bond acceptors (Lipinski definition) is 2. The fourth-order valence-electron chi connectivity index (χ4n) is 3.37. The molecule has 1 aromatic carbocycles. The first-order valence-electron chi connectivity index (χ1n) is 6.43. The smallest absolute Gasteiger partial charge is 0.142 e. The highest BCUT2D eigenvalue weighted by atomic mass is 79.9. The second kappa shape index (κ2) is 3.91. The zero-order chi connectivity index (χ0) is 13.0. The lowest BCUT2D eigenvalue weighted by Crippen LogP contribution is -2.45. The molecule has 3 rings (SSSR count). The lowest BCUT2D eigenvalue weighted by Gasteiger charge is -2.38. The lowest BCUT2D eigenvalue weighted by molar-refractivity contribution is -0.139. The van der Waals surface area contributed by atoms with E-state index in [1.807, 2.05) is 6.07 Å². The first-order valence-corrected chi connectivity index (χ1v) is 7.23. The van der Waals surface area contributed by atoms with E-state index in [0.717, 1.165) is 30.2 Å². The third kappa shape index (κ3) is 1.94. The van der Waals surface area contributed by atoms with Crippen molar-refractivity contribution in [3.8, 4) is 0 Å². The number of rotatable bonds is 0. The molecule has 1 aromatic rings. The van der Waals surface area contributed by atoms with Crippen LogP contribution in [-0.4, -0.2) is 16.5 Å². The van der Waals surface area contributed by atoms with E-state index in [4.69, 9.17) is 0 Å². The maximum atomic E-state index is 12.4. The Morgan fingerprint density at radius 2 is 1.89 bits per heavy atom. The van der Waals surface area contributed by atoms with E-state index in [2.05, 4.69) is 28.1 Å². The summed E-state index contributed by atoms with van der Waals surface area (Å²) in [5.41, 5.74) is 1.57. The van der Waals surface area contributed by atoms with Gasteiger partial charge in [0.15, 0.2) is 0 Å². The molecule has 1 fully saturated rings. The maximum absolute atomic E-state index is 12.4. The molecule has 0 amide bonds. The molecule has 96 valence electrons. The van der Waals surface area contributed by atoms with Gasteiger partial charge in [-0.1, -0.05) is 22.0 Å². The molecule has 1 saturated carbocycles. The van der Waals surface area contributed by atoms with Crippen LogP contribution in [0.5, 0.6) is 0 Å². The van der Waals surface area contributed by atoms with E-state index in [1.54, 1.807) is 6.92 Å². The number of carbonyl (C=O) groups is 1. The van der Waals surface area contributed by atoms with Crippen LogP contribution in [0.15, 0.2) is 22.7 Å². The molecule has 0 heterocycles. The second-order valence-corrected chi connectivity index (χ2v) is 7.06. The number of aliphatic hydroxyl groups is 1. The average Bonchev–Trinajstić information content (AvgIpc) is 2.63. The molecule has 2 aliphatic carbocycles.